The van der Waals surface area contributed by atoms with E-state index in [0.717, 1.165) is 0 Å². The SMILES string of the molecule is O=C(/C=C\C(=O)OC(=O)C(F)(F)F)OC(=O)C(F)(F)F. The number of esters is 4. The first-order valence-electron chi connectivity index (χ1n) is 4.18. The van der Waals surface area contributed by atoms with Crippen LogP contribution < -0.4 is 0 Å². The fourth-order valence-electron chi connectivity index (χ4n) is 0.503. The first kappa shape index (κ1) is 17.6. The molecule has 0 aromatic carbocycles. The fourth-order valence-corrected chi connectivity index (χ4v) is 0.503. The number of hydrogen-bond donors (Lipinski definition) is 0. The van der Waals surface area contributed by atoms with Crippen LogP contribution >= 0.6 is 0 Å². The lowest BCUT2D eigenvalue weighted by Gasteiger charge is -2.03. The standard InChI is InChI=1S/C8H2F6O6/c9-7(10,11)5(17)19-3(15)1-2-4(16)20-6(18)8(12,13)14/h1-2H/b2-1-. The molecule has 0 aliphatic rings. The van der Waals surface area contributed by atoms with Crippen LogP contribution in [-0.2, 0) is 28.7 Å². The average molecular weight is 308 g/mol. The first-order valence-corrected chi connectivity index (χ1v) is 4.18. The Hall–Kier alpha value is -2.40. The Bertz CT molecular complexity index is 417. The number of alkyl halides is 6. The lowest BCUT2D eigenvalue weighted by Crippen LogP contribution is -2.28. The summed E-state index contributed by atoms with van der Waals surface area (Å²) >= 11 is 0. The van der Waals surface area contributed by atoms with Gasteiger partial charge in [-0.1, -0.05) is 0 Å². The second-order valence-corrected chi connectivity index (χ2v) is 2.75. The molecule has 0 radical (unpaired) electrons. The summed E-state index contributed by atoms with van der Waals surface area (Å²) in [6.07, 6.45) is -11.2. The summed E-state index contributed by atoms with van der Waals surface area (Å²) in [5.41, 5.74) is 0. The zero-order chi connectivity index (χ0) is 16.1. The van der Waals surface area contributed by atoms with Gasteiger partial charge in [0.1, 0.15) is 0 Å². The number of ether oxygens (including phenoxy) is 2. The molecule has 0 heterocycles. The fraction of sp³-hybridized carbons (Fsp3) is 0.250. The van der Waals surface area contributed by atoms with Crippen LogP contribution in [0, 0.1) is 0 Å². The Morgan fingerprint density at radius 1 is 0.650 bits per heavy atom. The Morgan fingerprint density at radius 2 is 0.900 bits per heavy atom. The van der Waals surface area contributed by atoms with Crippen LogP contribution in [0.2, 0.25) is 0 Å². The molecule has 0 bridgehead atoms. The predicted octanol–water partition coefficient (Wildman–Crippen LogP) is 0.807. The Balaban J connectivity index is 4.44. The van der Waals surface area contributed by atoms with Crippen molar-refractivity contribution in [3.63, 3.8) is 0 Å². The zero-order valence-corrected chi connectivity index (χ0v) is 8.87. The van der Waals surface area contributed by atoms with Crippen molar-refractivity contribution in [3.8, 4) is 0 Å². The number of halogens is 6. The van der Waals surface area contributed by atoms with Crippen LogP contribution in [-0.4, -0.2) is 36.2 Å². The van der Waals surface area contributed by atoms with E-state index in [2.05, 4.69) is 9.47 Å². The van der Waals surface area contributed by atoms with Gasteiger partial charge in [-0.3, -0.25) is 0 Å². The van der Waals surface area contributed by atoms with Gasteiger partial charge in [0.15, 0.2) is 0 Å². The Labute approximate surface area is 104 Å². The molecule has 0 saturated carbocycles. The maximum absolute atomic E-state index is 11.6. The third-order valence-corrected chi connectivity index (χ3v) is 1.20. The maximum atomic E-state index is 11.6. The molecule has 0 atom stereocenters. The van der Waals surface area contributed by atoms with E-state index < -0.39 is 36.2 Å². The summed E-state index contributed by atoms with van der Waals surface area (Å²) in [4.78, 5) is 41.3. The van der Waals surface area contributed by atoms with Gasteiger partial charge in [0.05, 0.1) is 0 Å². The summed E-state index contributed by atoms with van der Waals surface area (Å²) in [5, 5.41) is 0. The Kier molecular flexibility index (Phi) is 5.42. The molecule has 0 spiro atoms. The molecule has 0 N–H and O–H groups in total. The predicted molar refractivity (Wildman–Crippen MR) is 43.4 cm³/mol. The van der Waals surface area contributed by atoms with Crippen LogP contribution in [0.4, 0.5) is 26.3 Å². The quantitative estimate of drug-likeness (QED) is 0.325. The highest BCUT2D eigenvalue weighted by Crippen LogP contribution is 2.17. The zero-order valence-electron chi connectivity index (χ0n) is 8.87. The molecule has 0 fully saturated rings. The maximum Gasteiger partial charge on any atom is 0.491 e. The summed E-state index contributed by atoms with van der Waals surface area (Å²) < 4.78 is 75.9. The third-order valence-electron chi connectivity index (χ3n) is 1.20. The molecule has 0 saturated heterocycles. The van der Waals surface area contributed by atoms with E-state index in [9.17, 15) is 45.5 Å². The van der Waals surface area contributed by atoms with Crippen molar-refractivity contribution in [2.24, 2.45) is 0 Å². The molecule has 112 valence electrons. The molecule has 0 rings (SSSR count). The van der Waals surface area contributed by atoms with Gasteiger partial charge in [-0.05, 0) is 0 Å². The smallest absolute Gasteiger partial charge is 0.383 e. The summed E-state index contributed by atoms with van der Waals surface area (Å²) in [6, 6.07) is 0. The molecule has 0 aromatic heterocycles. The van der Waals surface area contributed by atoms with E-state index in [-0.39, 0.29) is 12.2 Å². The second-order valence-electron chi connectivity index (χ2n) is 2.75. The lowest BCUT2D eigenvalue weighted by molar-refractivity contribution is -0.201. The van der Waals surface area contributed by atoms with Gasteiger partial charge in [-0.25, -0.2) is 19.2 Å². The highest BCUT2D eigenvalue weighted by molar-refractivity contribution is 6.00. The lowest BCUT2D eigenvalue weighted by atomic mass is 10.5. The number of rotatable bonds is 2. The largest absolute Gasteiger partial charge is 0.491 e. The molecule has 20 heavy (non-hydrogen) atoms. The molecule has 0 amide bonds. The number of carbonyl (C=O) groups excluding carboxylic acids is 4. The average Bonchev–Trinajstić information content (AvgIpc) is 2.23. The number of hydrogen-bond acceptors (Lipinski definition) is 6. The van der Waals surface area contributed by atoms with Gasteiger partial charge < -0.3 is 9.47 Å². The van der Waals surface area contributed by atoms with E-state index in [0.29, 0.717) is 0 Å². The molecular weight excluding hydrogens is 306 g/mol. The summed E-state index contributed by atoms with van der Waals surface area (Å²) in [7, 11) is 0. The van der Waals surface area contributed by atoms with Crippen molar-refractivity contribution < 1.29 is 55.0 Å². The molecule has 0 aliphatic carbocycles. The topological polar surface area (TPSA) is 86.7 Å². The van der Waals surface area contributed by atoms with Crippen LogP contribution in [0.15, 0.2) is 12.2 Å². The van der Waals surface area contributed by atoms with Crippen LogP contribution in [0.25, 0.3) is 0 Å². The van der Waals surface area contributed by atoms with Crippen molar-refractivity contribution in [1.82, 2.24) is 0 Å². The first-order chi connectivity index (χ1) is 8.84. The van der Waals surface area contributed by atoms with Crippen molar-refractivity contribution >= 4 is 23.9 Å². The van der Waals surface area contributed by atoms with Crippen molar-refractivity contribution in [1.29, 1.82) is 0 Å². The highest BCUT2D eigenvalue weighted by atomic mass is 19.4. The van der Waals surface area contributed by atoms with Crippen molar-refractivity contribution in [3.05, 3.63) is 12.2 Å². The van der Waals surface area contributed by atoms with Gasteiger partial charge >= 0.3 is 36.2 Å². The monoisotopic (exact) mass is 308 g/mol. The molecule has 12 heteroatoms. The second kappa shape index (κ2) is 6.16. The van der Waals surface area contributed by atoms with E-state index >= 15 is 0 Å². The number of carbonyl (C=O) groups is 4. The molecule has 0 aliphatic heterocycles. The third kappa shape index (κ3) is 6.51. The molecular formula is C8H2F6O6. The van der Waals surface area contributed by atoms with Crippen molar-refractivity contribution in [2.75, 3.05) is 0 Å². The minimum atomic E-state index is -5.48. The van der Waals surface area contributed by atoms with Crippen LogP contribution in [0.3, 0.4) is 0 Å². The van der Waals surface area contributed by atoms with Gasteiger partial charge in [0.25, 0.3) is 0 Å². The molecule has 0 aromatic rings. The minimum absolute atomic E-state index is 0.129. The van der Waals surface area contributed by atoms with E-state index in [1.165, 1.54) is 0 Å². The summed E-state index contributed by atoms with van der Waals surface area (Å²) in [6.45, 7) is 0. The van der Waals surface area contributed by atoms with Gasteiger partial charge in [-0.2, -0.15) is 26.3 Å². The van der Waals surface area contributed by atoms with E-state index in [4.69, 9.17) is 0 Å². The highest BCUT2D eigenvalue weighted by Gasteiger charge is 2.43. The summed E-state index contributed by atoms with van der Waals surface area (Å²) in [5.74, 6) is -9.79. The van der Waals surface area contributed by atoms with Crippen molar-refractivity contribution in [2.45, 2.75) is 12.4 Å². The molecule has 0 unspecified atom stereocenters. The van der Waals surface area contributed by atoms with Gasteiger partial charge in [-0.15, -0.1) is 0 Å². The van der Waals surface area contributed by atoms with Gasteiger partial charge in [0.2, 0.25) is 0 Å². The Morgan fingerprint density at radius 3 is 1.10 bits per heavy atom. The van der Waals surface area contributed by atoms with Crippen LogP contribution in [0.1, 0.15) is 0 Å². The van der Waals surface area contributed by atoms with Crippen LogP contribution in [0.5, 0.6) is 0 Å². The minimum Gasteiger partial charge on any atom is -0.383 e. The van der Waals surface area contributed by atoms with E-state index in [1.54, 1.807) is 0 Å². The van der Waals surface area contributed by atoms with E-state index in [1.807, 2.05) is 0 Å². The molecule has 6 nitrogen and oxygen atoms in total. The van der Waals surface area contributed by atoms with Gasteiger partial charge in [0, 0.05) is 12.2 Å². The normalized spacial score (nSPS) is 12.1.